The van der Waals surface area contributed by atoms with Gasteiger partial charge in [0.05, 0.1) is 11.5 Å². The zero-order valence-corrected chi connectivity index (χ0v) is 12.8. The minimum Gasteiger partial charge on any atom is -0.388 e. The molecule has 1 heterocycles. The molecule has 3 aliphatic rings. The third kappa shape index (κ3) is 3.39. The Morgan fingerprint density at radius 3 is 2.62 bits per heavy atom. The van der Waals surface area contributed by atoms with Crippen molar-refractivity contribution in [1.82, 2.24) is 10.2 Å². The van der Waals surface area contributed by atoms with Crippen molar-refractivity contribution in [3.63, 3.8) is 0 Å². The lowest BCUT2D eigenvalue weighted by atomic mass is 9.79. The van der Waals surface area contributed by atoms with Crippen LogP contribution in [0, 0.1) is 11.8 Å². The average Bonchev–Trinajstić information content (AvgIpc) is 3.23. The first-order valence-electron chi connectivity index (χ1n) is 8.26. The summed E-state index contributed by atoms with van der Waals surface area (Å²) in [4.78, 5) is 26.0. The first-order chi connectivity index (χ1) is 9.97. The van der Waals surface area contributed by atoms with E-state index in [1.807, 2.05) is 4.90 Å². The predicted molar refractivity (Wildman–Crippen MR) is 78.4 cm³/mol. The summed E-state index contributed by atoms with van der Waals surface area (Å²) in [6, 6.07) is 0.388. The number of aliphatic hydroxyl groups is 1. The number of nitrogens with zero attached hydrogens (tertiary/aromatic N) is 1. The molecule has 0 radical (unpaired) electrons. The van der Waals surface area contributed by atoms with Crippen molar-refractivity contribution in [3.05, 3.63) is 0 Å². The smallest absolute Gasteiger partial charge is 0.225 e. The maximum atomic E-state index is 12.2. The lowest BCUT2D eigenvalue weighted by Crippen LogP contribution is -2.46. The van der Waals surface area contributed by atoms with E-state index in [-0.39, 0.29) is 17.7 Å². The van der Waals surface area contributed by atoms with Crippen molar-refractivity contribution < 1.29 is 14.7 Å². The summed E-state index contributed by atoms with van der Waals surface area (Å²) >= 11 is 0. The van der Waals surface area contributed by atoms with Gasteiger partial charge in [0.1, 0.15) is 0 Å². The maximum absolute atomic E-state index is 12.2. The molecule has 2 amide bonds. The third-order valence-corrected chi connectivity index (χ3v) is 5.31. The SMILES string of the molecule is CC1CCC(O)(CNC(=O)C2CC(=O)N(C3CC3)C2)CC1. The van der Waals surface area contributed by atoms with Crippen LogP contribution in [0.4, 0.5) is 0 Å². The first-order valence-corrected chi connectivity index (χ1v) is 8.26. The van der Waals surface area contributed by atoms with E-state index in [1.54, 1.807) is 0 Å². The molecule has 2 N–H and O–H groups in total. The number of carbonyl (C=O) groups is 2. The molecule has 2 saturated carbocycles. The van der Waals surface area contributed by atoms with Gasteiger partial charge in [0, 0.05) is 25.6 Å². The Hall–Kier alpha value is -1.10. The Morgan fingerprint density at radius 2 is 2.00 bits per heavy atom. The summed E-state index contributed by atoms with van der Waals surface area (Å²) in [7, 11) is 0. The number of hydrogen-bond donors (Lipinski definition) is 2. The van der Waals surface area contributed by atoms with Crippen molar-refractivity contribution in [2.45, 2.75) is 63.5 Å². The van der Waals surface area contributed by atoms with E-state index in [2.05, 4.69) is 12.2 Å². The molecule has 5 heteroatoms. The number of likely N-dealkylation sites (tertiary alicyclic amines) is 1. The fraction of sp³-hybridized carbons (Fsp3) is 0.875. The molecular formula is C16H26N2O3. The molecule has 21 heavy (non-hydrogen) atoms. The average molecular weight is 294 g/mol. The zero-order chi connectivity index (χ0) is 15.0. The number of amides is 2. The Labute approximate surface area is 126 Å². The highest BCUT2D eigenvalue weighted by atomic mass is 16.3. The van der Waals surface area contributed by atoms with Crippen LogP contribution in [0.3, 0.4) is 0 Å². The molecule has 0 aromatic rings. The van der Waals surface area contributed by atoms with Gasteiger partial charge in [-0.15, -0.1) is 0 Å². The molecule has 118 valence electrons. The standard InChI is InChI=1S/C16H26N2O3/c1-11-4-6-16(21,7-5-11)10-17-15(20)12-8-14(19)18(9-12)13-2-3-13/h11-13,21H,2-10H2,1H3,(H,17,20). The highest BCUT2D eigenvalue weighted by Crippen LogP contribution is 2.33. The van der Waals surface area contributed by atoms with Gasteiger partial charge in [-0.05, 0) is 44.4 Å². The number of nitrogens with one attached hydrogen (secondary N) is 1. The number of rotatable bonds is 4. The molecule has 0 aromatic carbocycles. The minimum absolute atomic E-state index is 0.0708. The van der Waals surface area contributed by atoms with Crippen LogP contribution in [0.15, 0.2) is 0 Å². The third-order valence-electron chi connectivity index (χ3n) is 5.31. The Balaban J connectivity index is 1.47. The highest BCUT2D eigenvalue weighted by Gasteiger charge is 2.42. The molecule has 3 rings (SSSR count). The van der Waals surface area contributed by atoms with Gasteiger partial charge in [0.15, 0.2) is 0 Å². The minimum atomic E-state index is -0.749. The van der Waals surface area contributed by atoms with E-state index >= 15 is 0 Å². The molecule has 0 aromatic heterocycles. The monoisotopic (exact) mass is 294 g/mol. The van der Waals surface area contributed by atoms with Crippen LogP contribution in [0.1, 0.15) is 51.9 Å². The number of carbonyl (C=O) groups excluding carboxylic acids is 2. The van der Waals surface area contributed by atoms with Crippen LogP contribution in [0.5, 0.6) is 0 Å². The Morgan fingerprint density at radius 1 is 1.33 bits per heavy atom. The van der Waals surface area contributed by atoms with Crippen LogP contribution in [-0.2, 0) is 9.59 Å². The predicted octanol–water partition coefficient (Wildman–Crippen LogP) is 1.05. The molecular weight excluding hydrogens is 268 g/mol. The van der Waals surface area contributed by atoms with Crippen molar-refractivity contribution in [2.24, 2.45) is 11.8 Å². The summed E-state index contributed by atoms with van der Waals surface area (Å²) < 4.78 is 0. The summed E-state index contributed by atoms with van der Waals surface area (Å²) in [6.07, 6.45) is 6.04. The van der Waals surface area contributed by atoms with Gasteiger partial charge in [-0.1, -0.05) is 6.92 Å². The topological polar surface area (TPSA) is 69.6 Å². The molecule has 5 nitrogen and oxygen atoms in total. The molecule has 1 saturated heterocycles. The number of hydrogen-bond acceptors (Lipinski definition) is 3. The summed E-state index contributed by atoms with van der Waals surface area (Å²) in [5, 5.41) is 13.4. The molecule has 0 spiro atoms. The lowest BCUT2D eigenvalue weighted by molar-refractivity contribution is -0.129. The van der Waals surface area contributed by atoms with Gasteiger partial charge >= 0.3 is 0 Å². The Kier molecular flexibility index (Phi) is 3.95. The largest absolute Gasteiger partial charge is 0.388 e. The summed E-state index contributed by atoms with van der Waals surface area (Å²) in [5.74, 6) is 0.478. The van der Waals surface area contributed by atoms with Crippen molar-refractivity contribution in [2.75, 3.05) is 13.1 Å². The molecule has 0 bridgehead atoms. The zero-order valence-electron chi connectivity index (χ0n) is 12.8. The Bertz CT molecular complexity index is 425. The van der Waals surface area contributed by atoms with E-state index in [0.29, 0.717) is 31.5 Å². The van der Waals surface area contributed by atoms with Crippen molar-refractivity contribution >= 4 is 11.8 Å². The van der Waals surface area contributed by atoms with E-state index < -0.39 is 5.60 Å². The van der Waals surface area contributed by atoms with Gasteiger partial charge in [-0.3, -0.25) is 9.59 Å². The van der Waals surface area contributed by atoms with E-state index in [9.17, 15) is 14.7 Å². The van der Waals surface area contributed by atoms with Gasteiger partial charge in [-0.2, -0.15) is 0 Å². The van der Waals surface area contributed by atoms with Crippen LogP contribution < -0.4 is 5.32 Å². The normalized spacial score (nSPS) is 36.9. The second kappa shape index (κ2) is 5.59. The molecule has 2 aliphatic carbocycles. The van der Waals surface area contributed by atoms with Gasteiger partial charge in [0.25, 0.3) is 0 Å². The fourth-order valence-electron chi connectivity index (χ4n) is 3.52. The highest BCUT2D eigenvalue weighted by molar-refractivity contribution is 5.89. The van der Waals surface area contributed by atoms with Gasteiger partial charge < -0.3 is 15.3 Å². The quantitative estimate of drug-likeness (QED) is 0.814. The second-order valence-electron chi connectivity index (χ2n) is 7.30. The van der Waals surface area contributed by atoms with Crippen LogP contribution in [-0.4, -0.2) is 46.6 Å². The van der Waals surface area contributed by atoms with E-state index in [0.717, 1.165) is 38.5 Å². The summed E-state index contributed by atoms with van der Waals surface area (Å²) in [5.41, 5.74) is -0.749. The molecule has 1 aliphatic heterocycles. The molecule has 1 unspecified atom stereocenters. The second-order valence-corrected chi connectivity index (χ2v) is 7.30. The van der Waals surface area contributed by atoms with Crippen LogP contribution in [0.2, 0.25) is 0 Å². The van der Waals surface area contributed by atoms with E-state index in [1.165, 1.54) is 0 Å². The first kappa shape index (κ1) is 14.8. The summed E-state index contributed by atoms with van der Waals surface area (Å²) in [6.45, 7) is 3.09. The van der Waals surface area contributed by atoms with E-state index in [4.69, 9.17) is 0 Å². The van der Waals surface area contributed by atoms with Crippen LogP contribution >= 0.6 is 0 Å². The molecule has 3 fully saturated rings. The maximum Gasteiger partial charge on any atom is 0.225 e. The van der Waals surface area contributed by atoms with Gasteiger partial charge in [-0.25, -0.2) is 0 Å². The van der Waals surface area contributed by atoms with Crippen molar-refractivity contribution in [1.29, 1.82) is 0 Å². The van der Waals surface area contributed by atoms with Gasteiger partial charge in [0.2, 0.25) is 11.8 Å². The fourth-order valence-corrected chi connectivity index (χ4v) is 3.52. The van der Waals surface area contributed by atoms with Crippen molar-refractivity contribution in [3.8, 4) is 0 Å². The van der Waals surface area contributed by atoms with Crippen LogP contribution in [0.25, 0.3) is 0 Å². The molecule has 1 atom stereocenters. The lowest BCUT2D eigenvalue weighted by Gasteiger charge is -2.35.